The lowest BCUT2D eigenvalue weighted by Gasteiger charge is -2.35. The van der Waals surface area contributed by atoms with E-state index in [2.05, 4.69) is 21.8 Å². The Kier molecular flexibility index (Phi) is 6.67. The van der Waals surface area contributed by atoms with Gasteiger partial charge in [0, 0.05) is 50.6 Å². The molecule has 1 amide bonds. The average Bonchev–Trinajstić information content (AvgIpc) is 3.14. The number of likely N-dealkylation sites (N-methyl/N-ethyl adjacent to an activating group) is 1. The second-order valence-corrected chi connectivity index (χ2v) is 11.7. The fourth-order valence-corrected chi connectivity index (χ4v) is 5.03. The topological polar surface area (TPSA) is 94.1 Å². The summed E-state index contributed by atoms with van der Waals surface area (Å²) in [6.07, 6.45) is 3.43. The predicted molar refractivity (Wildman–Crippen MR) is 129 cm³/mol. The van der Waals surface area contributed by atoms with Crippen LogP contribution in [0.15, 0.2) is 36.5 Å². The zero-order chi connectivity index (χ0) is 24.7. The fraction of sp³-hybridized carbons (Fsp3) is 0.500. The van der Waals surface area contributed by atoms with E-state index < -0.39 is 14.8 Å². The Balaban J connectivity index is 1.50. The quantitative estimate of drug-likeness (QED) is 0.660. The largest absolute Gasteiger partial charge is 0.370 e. The van der Waals surface area contributed by atoms with Crippen LogP contribution in [0.5, 0.6) is 0 Å². The highest BCUT2D eigenvalue weighted by Crippen LogP contribution is 2.32. The first kappa shape index (κ1) is 24.6. The van der Waals surface area contributed by atoms with Crippen LogP contribution in [0, 0.1) is 11.7 Å². The van der Waals surface area contributed by atoms with Crippen molar-refractivity contribution in [1.29, 1.82) is 0 Å². The molecular weight excluding hydrogens is 459 g/mol. The van der Waals surface area contributed by atoms with E-state index in [0.717, 1.165) is 43.7 Å². The molecule has 1 N–H and O–H groups in total. The highest BCUT2D eigenvalue weighted by molar-refractivity contribution is 7.91. The number of anilines is 2. The second-order valence-electron chi connectivity index (χ2n) is 9.40. The summed E-state index contributed by atoms with van der Waals surface area (Å²) in [5.74, 6) is -0.669. The maximum atomic E-state index is 14.1. The minimum Gasteiger partial charge on any atom is -0.370 e. The number of halogens is 1. The molecule has 1 unspecified atom stereocenters. The Morgan fingerprint density at radius 2 is 1.85 bits per heavy atom. The molecule has 2 saturated heterocycles. The van der Waals surface area contributed by atoms with E-state index in [1.54, 1.807) is 11.0 Å². The Morgan fingerprint density at radius 3 is 2.47 bits per heavy atom. The summed E-state index contributed by atoms with van der Waals surface area (Å²) in [4.78, 5) is 21.3. The number of aliphatic hydroxyl groups is 1. The summed E-state index contributed by atoms with van der Waals surface area (Å²) in [6.45, 7) is 5.25. The summed E-state index contributed by atoms with van der Waals surface area (Å²) >= 11 is 0. The van der Waals surface area contributed by atoms with Crippen LogP contribution in [-0.4, -0.2) is 75.3 Å². The van der Waals surface area contributed by atoms with Gasteiger partial charge in [0.25, 0.3) is 0 Å². The summed E-state index contributed by atoms with van der Waals surface area (Å²) < 4.78 is 37.8. The molecule has 4 rings (SSSR count). The van der Waals surface area contributed by atoms with E-state index in [-0.39, 0.29) is 23.3 Å². The molecular formula is C24H31FN4O4S. The van der Waals surface area contributed by atoms with E-state index in [0.29, 0.717) is 25.1 Å². The number of piperazine rings is 1. The van der Waals surface area contributed by atoms with Gasteiger partial charge in [-0.1, -0.05) is 0 Å². The summed E-state index contributed by atoms with van der Waals surface area (Å²) in [5.41, 5.74) is 2.36. The van der Waals surface area contributed by atoms with Crippen molar-refractivity contribution in [2.45, 2.75) is 24.7 Å². The van der Waals surface area contributed by atoms with Crippen molar-refractivity contribution in [1.82, 2.24) is 9.88 Å². The number of aromatic nitrogens is 1. The number of rotatable bonds is 6. The number of pyridine rings is 1. The third-order valence-electron chi connectivity index (χ3n) is 6.93. The molecule has 2 aliphatic rings. The van der Waals surface area contributed by atoms with Crippen LogP contribution in [0.25, 0.3) is 0 Å². The minimum absolute atomic E-state index is 0.00137. The van der Waals surface area contributed by atoms with Gasteiger partial charge in [0.05, 0.1) is 17.6 Å². The SMILES string of the molecule is CN1CCN(c2ccc(F)cc2C[C@H]2CCN(c3ccc(C(C)(O)S(C)(=O)=O)nc3)C2=O)CC1. The number of hydrogen-bond donors (Lipinski definition) is 1. The average molecular weight is 491 g/mol. The smallest absolute Gasteiger partial charge is 0.230 e. The van der Waals surface area contributed by atoms with Crippen LogP contribution < -0.4 is 9.80 Å². The van der Waals surface area contributed by atoms with Crippen molar-refractivity contribution >= 4 is 27.1 Å². The number of amides is 1. The third kappa shape index (κ3) is 4.80. The number of carbonyl (C=O) groups excluding carboxylic acids is 1. The number of benzene rings is 1. The van der Waals surface area contributed by atoms with Gasteiger partial charge in [-0.05, 0) is 62.7 Å². The molecule has 3 heterocycles. The molecule has 2 atom stereocenters. The molecule has 0 spiro atoms. The van der Waals surface area contributed by atoms with Gasteiger partial charge in [-0.3, -0.25) is 9.78 Å². The molecule has 2 fully saturated rings. The van der Waals surface area contributed by atoms with Gasteiger partial charge in [0.1, 0.15) is 5.82 Å². The van der Waals surface area contributed by atoms with E-state index in [1.807, 2.05) is 6.07 Å². The Hall–Kier alpha value is -2.56. The van der Waals surface area contributed by atoms with Gasteiger partial charge in [-0.2, -0.15) is 0 Å². The lowest BCUT2D eigenvalue weighted by atomic mass is 9.96. The molecule has 0 aliphatic carbocycles. The van der Waals surface area contributed by atoms with Crippen LogP contribution >= 0.6 is 0 Å². The number of hydrogen-bond acceptors (Lipinski definition) is 7. The number of nitrogens with zero attached hydrogens (tertiary/aromatic N) is 4. The first-order valence-corrected chi connectivity index (χ1v) is 13.3. The van der Waals surface area contributed by atoms with Crippen molar-refractivity contribution in [3.05, 3.63) is 53.6 Å². The van der Waals surface area contributed by atoms with Crippen LogP contribution in [0.1, 0.15) is 24.6 Å². The van der Waals surface area contributed by atoms with Crippen LogP contribution in [-0.2, 0) is 26.0 Å². The standard InChI is InChI=1S/C24H31FN4O4S/c1-24(31,34(3,32)33)22-7-5-20(16-26-22)29-9-8-17(23(29)30)14-18-15-19(25)4-6-21(18)28-12-10-27(2)11-13-28/h4-7,15-17,31H,8-14H2,1-3H3/t17-,24?/m1/s1. The van der Waals surface area contributed by atoms with Crippen LogP contribution in [0.2, 0.25) is 0 Å². The number of carbonyl (C=O) groups is 1. The Bertz CT molecular complexity index is 1160. The van der Waals surface area contributed by atoms with Crippen molar-refractivity contribution in [2.75, 3.05) is 55.8 Å². The van der Waals surface area contributed by atoms with Crippen LogP contribution in [0.4, 0.5) is 15.8 Å². The van der Waals surface area contributed by atoms with Crippen molar-refractivity contribution in [3.63, 3.8) is 0 Å². The van der Waals surface area contributed by atoms with Crippen molar-refractivity contribution in [2.24, 2.45) is 5.92 Å². The normalized spacial score (nSPS) is 21.7. The minimum atomic E-state index is -3.79. The molecule has 34 heavy (non-hydrogen) atoms. The van der Waals surface area contributed by atoms with E-state index in [9.17, 15) is 22.7 Å². The molecule has 1 aromatic heterocycles. The van der Waals surface area contributed by atoms with E-state index >= 15 is 0 Å². The maximum Gasteiger partial charge on any atom is 0.230 e. The van der Waals surface area contributed by atoms with Gasteiger partial charge >= 0.3 is 0 Å². The highest BCUT2D eigenvalue weighted by atomic mass is 32.2. The summed E-state index contributed by atoms with van der Waals surface area (Å²) in [6, 6.07) is 7.84. The molecule has 0 radical (unpaired) electrons. The zero-order valence-corrected chi connectivity index (χ0v) is 20.6. The molecule has 10 heteroatoms. The predicted octanol–water partition coefficient (Wildman–Crippen LogP) is 1.78. The maximum absolute atomic E-state index is 14.1. The fourth-order valence-electron chi connectivity index (χ4n) is 4.53. The molecule has 0 saturated carbocycles. The van der Waals surface area contributed by atoms with Crippen molar-refractivity contribution in [3.8, 4) is 0 Å². The summed E-state index contributed by atoms with van der Waals surface area (Å²) in [7, 11) is -1.70. The van der Waals surface area contributed by atoms with Crippen molar-refractivity contribution < 1.29 is 22.7 Å². The molecule has 0 bridgehead atoms. The van der Waals surface area contributed by atoms with Gasteiger partial charge in [0.2, 0.25) is 10.8 Å². The summed E-state index contributed by atoms with van der Waals surface area (Å²) in [5, 5.41) is 10.3. The lowest BCUT2D eigenvalue weighted by molar-refractivity contribution is -0.120. The van der Waals surface area contributed by atoms with Gasteiger partial charge < -0.3 is 19.8 Å². The second kappa shape index (κ2) is 9.24. The molecule has 2 aliphatic heterocycles. The Labute approximate surface area is 199 Å². The highest BCUT2D eigenvalue weighted by Gasteiger charge is 2.37. The van der Waals surface area contributed by atoms with E-state index in [4.69, 9.17) is 0 Å². The first-order chi connectivity index (χ1) is 16.0. The zero-order valence-electron chi connectivity index (χ0n) is 19.7. The number of sulfone groups is 1. The lowest BCUT2D eigenvalue weighted by Crippen LogP contribution is -2.44. The van der Waals surface area contributed by atoms with Gasteiger partial charge in [-0.25, -0.2) is 12.8 Å². The third-order valence-corrected chi connectivity index (χ3v) is 8.58. The molecule has 8 nitrogen and oxygen atoms in total. The Morgan fingerprint density at radius 1 is 1.15 bits per heavy atom. The first-order valence-electron chi connectivity index (χ1n) is 11.4. The van der Waals surface area contributed by atoms with Gasteiger partial charge in [-0.15, -0.1) is 0 Å². The molecule has 2 aromatic rings. The molecule has 184 valence electrons. The van der Waals surface area contributed by atoms with E-state index in [1.165, 1.54) is 31.3 Å². The van der Waals surface area contributed by atoms with Gasteiger partial charge in [0.15, 0.2) is 9.84 Å². The monoisotopic (exact) mass is 490 g/mol. The van der Waals surface area contributed by atoms with Crippen LogP contribution in [0.3, 0.4) is 0 Å². The molecule has 1 aromatic carbocycles.